The number of halogens is 1. The van der Waals surface area contributed by atoms with Gasteiger partial charge in [-0.25, -0.2) is 4.39 Å². The molecule has 0 aromatic heterocycles. The smallest absolute Gasteiger partial charge is 0.114 e. The van der Waals surface area contributed by atoms with Gasteiger partial charge in [-0.05, 0) is 13.5 Å². The van der Waals surface area contributed by atoms with Crippen LogP contribution in [0.3, 0.4) is 0 Å². The van der Waals surface area contributed by atoms with Crippen LogP contribution < -0.4 is 0 Å². The van der Waals surface area contributed by atoms with Crippen LogP contribution in [0.4, 0.5) is 4.39 Å². The molecule has 0 N–H and O–H groups in total. The standard InChI is InChI=1S/C6H12FNOS2/c1-8-3-5(7)2-6(8)4-9-11-10/h5-6,10H,2-4H2,1H3. The lowest BCUT2D eigenvalue weighted by Gasteiger charge is -2.16. The molecule has 11 heavy (non-hydrogen) atoms. The molecule has 0 aromatic rings. The Bertz CT molecular complexity index is 127. The Hall–Kier alpha value is 0.550. The largest absolute Gasteiger partial charge is 0.304 e. The van der Waals surface area contributed by atoms with Gasteiger partial charge in [-0.3, -0.25) is 4.90 Å². The fraction of sp³-hybridized carbons (Fsp3) is 1.00. The number of hydrogen-bond acceptors (Lipinski definition) is 4. The number of likely N-dealkylation sites (tertiary alicyclic amines) is 1. The quantitative estimate of drug-likeness (QED) is 0.419. The summed E-state index contributed by atoms with van der Waals surface area (Å²) < 4.78 is 17.7. The Morgan fingerprint density at radius 1 is 1.82 bits per heavy atom. The van der Waals surface area contributed by atoms with Crippen molar-refractivity contribution in [1.29, 1.82) is 0 Å². The molecule has 0 spiro atoms. The summed E-state index contributed by atoms with van der Waals surface area (Å²) in [4.78, 5) is 1.98. The van der Waals surface area contributed by atoms with Crippen molar-refractivity contribution in [3.05, 3.63) is 0 Å². The van der Waals surface area contributed by atoms with Crippen LogP contribution in [0, 0.1) is 0 Å². The number of thiol groups is 1. The van der Waals surface area contributed by atoms with Gasteiger partial charge in [0.25, 0.3) is 0 Å². The first kappa shape index (κ1) is 9.64. The average molecular weight is 197 g/mol. The molecular formula is C6H12FNOS2. The summed E-state index contributed by atoms with van der Waals surface area (Å²) in [5.74, 6) is 0. The van der Waals surface area contributed by atoms with Crippen LogP contribution in [0.15, 0.2) is 0 Å². The first-order chi connectivity index (χ1) is 5.24. The molecule has 0 amide bonds. The molecule has 1 aliphatic rings. The van der Waals surface area contributed by atoms with Crippen LogP contribution in [0.1, 0.15) is 6.42 Å². The van der Waals surface area contributed by atoms with E-state index in [1.807, 2.05) is 11.9 Å². The second-order valence-corrected chi connectivity index (χ2v) is 3.62. The summed E-state index contributed by atoms with van der Waals surface area (Å²) >= 11 is 4.86. The maximum absolute atomic E-state index is 12.7. The highest BCUT2D eigenvalue weighted by Gasteiger charge is 2.29. The topological polar surface area (TPSA) is 12.5 Å². The molecule has 1 saturated heterocycles. The summed E-state index contributed by atoms with van der Waals surface area (Å²) in [7, 11) is 1.91. The lowest BCUT2D eigenvalue weighted by molar-refractivity contribution is 0.221. The predicted octanol–water partition coefficient (Wildman–Crippen LogP) is 1.54. The monoisotopic (exact) mass is 197 g/mol. The van der Waals surface area contributed by atoms with Crippen LogP contribution >= 0.6 is 22.7 Å². The molecule has 0 saturated carbocycles. The van der Waals surface area contributed by atoms with Crippen molar-refractivity contribution >= 4 is 22.7 Å². The Morgan fingerprint density at radius 2 is 2.55 bits per heavy atom. The third-order valence-corrected chi connectivity index (χ3v) is 2.51. The van der Waals surface area contributed by atoms with E-state index in [1.54, 1.807) is 0 Å². The second kappa shape index (κ2) is 4.54. The average Bonchev–Trinajstić information content (AvgIpc) is 2.26. The van der Waals surface area contributed by atoms with Crippen molar-refractivity contribution in [2.24, 2.45) is 0 Å². The summed E-state index contributed by atoms with van der Waals surface area (Å²) in [6, 6.07) is 0.227. The molecule has 2 unspecified atom stereocenters. The Balaban J connectivity index is 2.23. The summed E-state index contributed by atoms with van der Waals surface area (Å²) in [6.45, 7) is 1.09. The van der Waals surface area contributed by atoms with Gasteiger partial charge in [0.05, 0.1) is 17.7 Å². The van der Waals surface area contributed by atoms with Crippen molar-refractivity contribution in [1.82, 2.24) is 4.90 Å². The van der Waals surface area contributed by atoms with E-state index in [9.17, 15) is 4.39 Å². The first-order valence-corrected chi connectivity index (χ1v) is 5.30. The van der Waals surface area contributed by atoms with Gasteiger partial charge in [-0.2, -0.15) is 0 Å². The molecule has 1 fully saturated rings. The van der Waals surface area contributed by atoms with E-state index >= 15 is 0 Å². The lowest BCUT2D eigenvalue weighted by atomic mass is 10.2. The molecule has 66 valence electrons. The van der Waals surface area contributed by atoms with E-state index in [-0.39, 0.29) is 6.04 Å². The van der Waals surface area contributed by atoms with Gasteiger partial charge < -0.3 is 4.18 Å². The molecule has 1 heterocycles. The van der Waals surface area contributed by atoms with Crippen molar-refractivity contribution in [3.63, 3.8) is 0 Å². The minimum atomic E-state index is -0.682. The normalized spacial score (nSPS) is 33.0. The zero-order valence-corrected chi connectivity index (χ0v) is 8.08. The molecule has 1 aliphatic heterocycles. The minimum absolute atomic E-state index is 0.227. The molecule has 0 bridgehead atoms. The Labute approximate surface area is 75.5 Å². The summed E-state index contributed by atoms with van der Waals surface area (Å²) in [5, 5.41) is 0. The van der Waals surface area contributed by atoms with Gasteiger partial charge in [0.15, 0.2) is 0 Å². The predicted molar refractivity (Wildman–Crippen MR) is 48.5 cm³/mol. The maximum atomic E-state index is 12.7. The van der Waals surface area contributed by atoms with Crippen LogP contribution in [-0.4, -0.2) is 37.3 Å². The van der Waals surface area contributed by atoms with Crippen molar-refractivity contribution in [3.8, 4) is 0 Å². The van der Waals surface area contributed by atoms with Gasteiger partial charge >= 0.3 is 0 Å². The zero-order valence-electron chi connectivity index (χ0n) is 6.36. The molecular weight excluding hydrogens is 185 g/mol. The zero-order chi connectivity index (χ0) is 8.27. The van der Waals surface area contributed by atoms with Crippen LogP contribution in [0.25, 0.3) is 0 Å². The summed E-state index contributed by atoms with van der Waals surface area (Å²) in [5.41, 5.74) is 0. The Kier molecular flexibility index (Phi) is 3.98. The molecule has 5 heteroatoms. The lowest BCUT2D eigenvalue weighted by Crippen LogP contribution is -2.28. The minimum Gasteiger partial charge on any atom is -0.304 e. The number of rotatable bonds is 3. The molecule has 0 radical (unpaired) electrons. The maximum Gasteiger partial charge on any atom is 0.114 e. The van der Waals surface area contributed by atoms with Gasteiger partial charge in [0, 0.05) is 12.6 Å². The molecule has 2 nitrogen and oxygen atoms in total. The highest BCUT2D eigenvalue weighted by molar-refractivity contribution is 8.66. The molecule has 0 aromatic carbocycles. The fourth-order valence-electron chi connectivity index (χ4n) is 1.32. The van der Waals surface area contributed by atoms with Gasteiger partial charge in [-0.15, -0.1) is 0 Å². The van der Waals surface area contributed by atoms with E-state index in [0.717, 1.165) is 11.1 Å². The molecule has 0 aliphatic carbocycles. The SMILES string of the molecule is CN1CC(F)CC1COSS. The van der Waals surface area contributed by atoms with Gasteiger partial charge in [-0.1, -0.05) is 11.7 Å². The third kappa shape index (κ3) is 2.82. The highest BCUT2D eigenvalue weighted by Crippen LogP contribution is 2.20. The van der Waals surface area contributed by atoms with Crippen molar-refractivity contribution < 1.29 is 8.57 Å². The van der Waals surface area contributed by atoms with Gasteiger partial charge in [0.1, 0.15) is 6.17 Å². The third-order valence-electron chi connectivity index (χ3n) is 1.95. The number of hydrogen-bond donors (Lipinski definition) is 1. The Morgan fingerprint density at radius 3 is 3.00 bits per heavy atom. The van der Waals surface area contributed by atoms with E-state index in [2.05, 4.69) is 11.7 Å². The van der Waals surface area contributed by atoms with E-state index in [0.29, 0.717) is 19.6 Å². The first-order valence-electron chi connectivity index (χ1n) is 3.51. The number of nitrogens with zero attached hydrogens (tertiary/aromatic N) is 1. The van der Waals surface area contributed by atoms with Crippen LogP contribution in [0.5, 0.6) is 0 Å². The van der Waals surface area contributed by atoms with E-state index in [4.69, 9.17) is 4.18 Å². The fourth-order valence-corrected chi connectivity index (χ4v) is 1.72. The van der Waals surface area contributed by atoms with Crippen LogP contribution in [-0.2, 0) is 4.18 Å². The summed E-state index contributed by atoms with van der Waals surface area (Å²) in [6.07, 6.45) is -0.0938. The van der Waals surface area contributed by atoms with Gasteiger partial charge in [0.2, 0.25) is 0 Å². The van der Waals surface area contributed by atoms with E-state index in [1.165, 1.54) is 0 Å². The number of likely N-dealkylation sites (N-methyl/N-ethyl adjacent to an activating group) is 1. The molecule has 2 atom stereocenters. The second-order valence-electron chi connectivity index (χ2n) is 2.79. The molecule has 1 rings (SSSR count). The van der Waals surface area contributed by atoms with E-state index < -0.39 is 6.17 Å². The number of alkyl halides is 1. The highest BCUT2D eigenvalue weighted by atomic mass is 33.1. The van der Waals surface area contributed by atoms with Crippen molar-refractivity contribution in [2.45, 2.75) is 18.6 Å². The van der Waals surface area contributed by atoms with Crippen LogP contribution in [0.2, 0.25) is 0 Å². The van der Waals surface area contributed by atoms with Crippen molar-refractivity contribution in [2.75, 3.05) is 20.2 Å².